The first kappa shape index (κ1) is 6.92. The smallest absolute Gasteiger partial charge is 0.193 e. The van der Waals surface area contributed by atoms with Crippen LogP contribution < -0.4 is 0 Å². The minimum Gasteiger partial charge on any atom is -0.353 e. The van der Waals surface area contributed by atoms with Crippen molar-refractivity contribution in [2.45, 2.75) is 20.1 Å². The topological polar surface area (TPSA) is 29.1 Å². The minimum atomic E-state index is -0.847. The van der Waals surface area contributed by atoms with Crippen molar-refractivity contribution in [1.82, 2.24) is 0 Å². The van der Waals surface area contributed by atoms with Crippen molar-refractivity contribution in [2.24, 2.45) is 5.92 Å². The zero-order valence-corrected chi connectivity index (χ0v) is 4.97. The monoisotopic (exact) mass is 103 g/mol. The van der Waals surface area contributed by atoms with Crippen LogP contribution in [0, 0.1) is 5.92 Å². The number of ether oxygens (including phenoxy) is 1. The highest BCUT2D eigenvalue weighted by molar-refractivity contribution is 4.42. The standard InChI is InChI=1S/C5H11O2/c1-4(2)5(6)7-3/h4-5H,1-3H3. The average molecular weight is 103 g/mol. The summed E-state index contributed by atoms with van der Waals surface area (Å²) in [6.07, 6.45) is -0.847. The molecule has 7 heavy (non-hydrogen) atoms. The quantitative estimate of drug-likeness (QED) is 0.480. The van der Waals surface area contributed by atoms with Crippen molar-refractivity contribution in [3.8, 4) is 0 Å². The van der Waals surface area contributed by atoms with Crippen LogP contribution in [0.1, 0.15) is 13.8 Å². The van der Waals surface area contributed by atoms with Gasteiger partial charge in [-0.2, -0.15) is 0 Å². The molecule has 0 fully saturated rings. The maximum absolute atomic E-state index is 10.4. The summed E-state index contributed by atoms with van der Waals surface area (Å²) < 4.78 is 4.46. The third-order valence-electron chi connectivity index (χ3n) is 0.777. The predicted octanol–water partition coefficient (Wildman–Crippen LogP) is 1.05. The molecule has 0 saturated carbocycles. The Bertz CT molecular complexity index is 43.3. The molecule has 1 radical (unpaired) electrons. The van der Waals surface area contributed by atoms with Gasteiger partial charge in [-0.1, -0.05) is 13.8 Å². The first-order valence-corrected chi connectivity index (χ1v) is 2.37. The van der Waals surface area contributed by atoms with Crippen LogP contribution in [0.15, 0.2) is 0 Å². The molecule has 0 saturated heterocycles. The molecule has 0 amide bonds. The second-order valence-corrected chi connectivity index (χ2v) is 1.85. The molecule has 0 aliphatic heterocycles. The molecule has 1 unspecified atom stereocenters. The fourth-order valence-corrected chi connectivity index (χ4v) is 0.272. The van der Waals surface area contributed by atoms with Crippen molar-refractivity contribution in [2.75, 3.05) is 7.11 Å². The summed E-state index contributed by atoms with van der Waals surface area (Å²) in [4.78, 5) is 0. The van der Waals surface area contributed by atoms with Gasteiger partial charge in [0.25, 0.3) is 0 Å². The Morgan fingerprint density at radius 2 is 1.86 bits per heavy atom. The van der Waals surface area contributed by atoms with Crippen LogP contribution in [-0.4, -0.2) is 13.4 Å². The van der Waals surface area contributed by atoms with Gasteiger partial charge in [-0.05, 0) is 0 Å². The van der Waals surface area contributed by atoms with Gasteiger partial charge in [0, 0.05) is 13.0 Å². The summed E-state index contributed by atoms with van der Waals surface area (Å²) in [7, 11) is 1.43. The van der Waals surface area contributed by atoms with E-state index in [1.54, 1.807) is 0 Å². The Labute approximate surface area is 44.1 Å². The van der Waals surface area contributed by atoms with Crippen molar-refractivity contribution in [3.05, 3.63) is 0 Å². The number of rotatable bonds is 2. The highest BCUT2D eigenvalue weighted by Crippen LogP contribution is 1.99. The molecule has 2 heteroatoms. The molecule has 0 bridgehead atoms. The molecule has 0 N–H and O–H groups in total. The van der Waals surface area contributed by atoms with Crippen LogP contribution in [0.2, 0.25) is 0 Å². The first-order valence-electron chi connectivity index (χ1n) is 2.37. The lowest BCUT2D eigenvalue weighted by Gasteiger charge is -2.07. The van der Waals surface area contributed by atoms with Crippen LogP contribution in [0.3, 0.4) is 0 Å². The van der Waals surface area contributed by atoms with Crippen molar-refractivity contribution in [1.29, 1.82) is 0 Å². The van der Waals surface area contributed by atoms with E-state index in [9.17, 15) is 5.11 Å². The zero-order chi connectivity index (χ0) is 5.86. The van der Waals surface area contributed by atoms with Gasteiger partial charge >= 0.3 is 0 Å². The van der Waals surface area contributed by atoms with Gasteiger partial charge in [0.2, 0.25) is 0 Å². The molecule has 0 aliphatic rings. The Kier molecular flexibility index (Phi) is 2.96. The van der Waals surface area contributed by atoms with E-state index in [4.69, 9.17) is 0 Å². The summed E-state index contributed by atoms with van der Waals surface area (Å²) in [5, 5.41) is 10.4. The summed E-state index contributed by atoms with van der Waals surface area (Å²) >= 11 is 0. The second-order valence-electron chi connectivity index (χ2n) is 1.85. The summed E-state index contributed by atoms with van der Waals surface area (Å²) in [6.45, 7) is 3.67. The van der Waals surface area contributed by atoms with Crippen molar-refractivity contribution in [3.63, 3.8) is 0 Å². The molecule has 0 aromatic rings. The van der Waals surface area contributed by atoms with Crippen LogP contribution in [0.25, 0.3) is 0 Å². The summed E-state index contributed by atoms with van der Waals surface area (Å²) in [6, 6.07) is 0. The number of methoxy groups -OCH3 is 1. The van der Waals surface area contributed by atoms with Gasteiger partial charge in [0.05, 0.1) is 0 Å². The Hall–Kier alpha value is -0.0800. The molecule has 2 nitrogen and oxygen atoms in total. The van der Waals surface area contributed by atoms with E-state index in [0.29, 0.717) is 0 Å². The third-order valence-corrected chi connectivity index (χ3v) is 0.777. The minimum absolute atomic E-state index is 0.0880. The fourth-order valence-electron chi connectivity index (χ4n) is 0.272. The van der Waals surface area contributed by atoms with Gasteiger partial charge in [-0.15, -0.1) is 0 Å². The molecule has 0 heterocycles. The molecule has 43 valence electrons. The fraction of sp³-hybridized carbons (Fsp3) is 1.00. The van der Waals surface area contributed by atoms with Crippen molar-refractivity contribution < 1.29 is 9.84 Å². The highest BCUT2D eigenvalue weighted by atomic mass is 16.6. The molecule has 0 spiro atoms. The van der Waals surface area contributed by atoms with Gasteiger partial charge in [0.15, 0.2) is 6.29 Å². The zero-order valence-electron chi connectivity index (χ0n) is 4.97. The van der Waals surface area contributed by atoms with Crippen LogP contribution in [-0.2, 0) is 9.84 Å². The number of hydrogen-bond acceptors (Lipinski definition) is 1. The molecule has 0 aliphatic carbocycles. The van der Waals surface area contributed by atoms with Gasteiger partial charge in [-0.25, -0.2) is 5.11 Å². The predicted molar refractivity (Wildman–Crippen MR) is 26.3 cm³/mol. The normalized spacial score (nSPS) is 15.0. The number of hydrogen-bond donors (Lipinski definition) is 0. The van der Waals surface area contributed by atoms with Crippen molar-refractivity contribution >= 4 is 0 Å². The largest absolute Gasteiger partial charge is 0.353 e. The van der Waals surface area contributed by atoms with E-state index >= 15 is 0 Å². The lowest BCUT2D eigenvalue weighted by molar-refractivity contribution is -0.145. The van der Waals surface area contributed by atoms with E-state index in [2.05, 4.69) is 4.74 Å². The van der Waals surface area contributed by atoms with Gasteiger partial charge < -0.3 is 4.74 Å². The average Bonchev–Trinajstić information content (AvgIpc) is 1.65. The van der Waals surface area contributed by atoms with Crippen LogP contribution in [0.4, 0.5) is 0 Å². The third kappa shape index (κ3) is 2.60. The molecular formula is C5H11O2. The van der Waals surface area contributed by atoms with Crippen LogP contribution in [0.5, 0.6) is 0 Å². The van der Waals surface area contributed by atoms with Gasteiger partial charge in [-0.3, -0.25) is 0 Å². The highest BCUT2D eigenvalue weighted by Gasteiger charge is 2.06. The first-order chi connectivity index (χ1) is 3.18. The summed E-state index contributed by atoms with van der Waals surface area (Å²) in [5.41, 5.74) is 0. The molecular weight excluding hydrogens is 92.1 g/mol. The van der Waals surface area contributed by atoms with E-state index in [1.807, 2.05) is 13.8 Å². The molecule has 0 aromatic carbocycles. The molecule has 0 aromatic heterocycles. The Morgan fingerprint density at radius 3 is 1.86 bits per heavy atom. The van der Waals surface area contributed by atoms with Crippen LogP contribution >= 0.6 is 0 Å². The van der Waals surface area contributed by atoms with E-state index in [0.717, 1.165) is 0 Å². The van der Waals surface area contributed by atoms with E-state index in [1.165, 1.54) is 7.11 Å². The van der Waals surface area contributed by atoms with Gasteiger partial charge in [0.1, 0.15) is 0 Å². The maximum Gasteiger partial charge on any atom is 0.193 e. The molecule has 0 rings (SSSR count). The Morgan fingerprint density at radius 1 is 1.43 bits per heavy atom. The SMILES string of the molecule is COC([O])C(C)C. The second kappa shape index (κ2) is 2.99. The maximum atomic E-state index is 10.4. The lowest BCUT2D eigenvalue weighted by atomic mass is 10.2. The molecule has 1 atom stereocenters. The van der Waals surface area contributed by atoms with E-state index < -0.39 is 6.29 Å². The van der Waals surface area contributed by atoms with E-state index in [-0.39, 0.29) is 5.92 Å². The summed E-state index contributed by atoms with van der Waals surface area (Å²) in [5.74, 6) is 0.0880. The Balaban J connectivity index is 3.14. The lowest BCUT2D eigenvalue weighted by Crippen LogP contribution is -2.14.